The van der Waals surface area contributed by atoms with Crippen molar-refractivity contribution in [3.8, 4) is 0 Å². The van der Waals surface area contributed by atoms with Gasteiger partial charge in [0.1, 0.15) is 0 Å². The SMILES string of the molecule is CCCCCCCCOC(=O)C1CC2OC2CC1C(=O)OCCCCCCCCCCCCCCOC(=O)C1CC2OC2CC1C(=O)OCCCCCCCC. The van der Waals surface area contributed by atoms with Crippen molar-refractivity contribution in [2.45, 2.75) is 218 Å². The molecule has 2 saturated carbocycles. The number of hydrogen-bond acceptors (Lipinski definition) is 10. The number of hydrogen-bond donors (Lipinski definition) is 0. The van der Waals surface area contributed by atoms with Gasteiger partial charge < -0.3 is 28.4 Å². The Labute approximate surface area is 338 Å². The second-order valence-corrected chi connectivity index (χ2v) is 17.2. The molecule has 0 aromatic carbocycles. The van der Waals surface area contributed by atoms with Gasteiger partial charge in [-0.2, -0.15) is 0 Å². The third kappa shape index (κ3) is 17.7. The second-order valence-electron chi connectivity index (χ2n) is 17.2. The van der Waals surface area contributed by atoms with Crippen LogP contribution in [0.4, 0.5) is 0 Å². The van der Waals surface area contributed by atoms with Crippen molar-refractivity contribution in [3.05, 3.63) is 0 Å². The lowest BCUT2D eigenvalue weighted by molar-refractivity contribution is -0.162. The van der Waals surface area contributed by atoms with Crippen LogP contribution in [0.1, 0.15) is 194 Å². The summed E-state index contributed by atoms with van der Waals surface area (Å²) < 4.78 is 33.8. The van der Waals surface area contributed by atoms with E-state index in [2.05, 4.69) is 13.8 Å². The number of carbonyl (C=O) groups excluding carboxylic acids is 4. The van der Waals surface area contributed by atoms with Crippen LogP contribution < -0.4 is 0 Å². The minimum atomic E-state index is -0.452. The highest BCUT2D eigenvalue weighted by Crippen LogP contribution is 2.45. The summed E-state index contributed by atoms with van der Waals surface area (Å²) in [6.07, 6.45) is 29.7. The van der Waals surface area contributed by atoms with E-state index in [0.717, 1.165) is 64.2 Å². The molecule has 0 aromatic heterocycles. The summed E-state index contributed by atoms with van der Waals surface area (Å²) in [6.45, 7) is 6.08. The Bertz CT molecular complexity index is 1040. The first-order chi connectivity index (χ1) is 27.4. The summed E-state index contributed by atoms with van der Waals surface area (Å²) in [5, 5.41) is 0. The van der Waals surface area contributed by atoms with Gasteiger partial charge in [-0.1, -0.05) is 142 Å². The largest absolute Gasteiger partial charge is 0.465 e. The molecule has 56 heavy (non-hydrogen) atoms. The molecular weight excluding hydrogens is 712 g/mol. The molecule has 10 nitrogen and oxygen atoms in total. The monoisotopic (exact) mass is 791 g/mol. The molecule has 10 heteroatoms. The van der Waals surface area contributed by atoms with Crippen molar-refractivity contribution < 1.29 is 47.6 Å². The Morgan fingerprint density at radius 2 is 0.536 bits per heavy atom. The van der Waals surface area contributed by atoms with Crippen molar-refractivity contribution in [1.29, 1.82) is 0 Å². The highest BCUT2D eigenvalue weighted by molar-refractivity contribution is 5.83. The molecular formula is C46H78O10. The first kappa shape index (κ1) is 46.5. The summed E-state index contributed by atoms with van der Waals surface area (Å²) in [7, 11) is 0. The van der Waals surface area contributed by atoms with Crippen LogP contribution in [-0.4, -0.2) is 74.7 Å². The van der Waals surface area contributed by atoms with E-state index in [1.807, 2.05) is 0 Å². The molecule has 322 valence electrons. The Balaban J connectivity index is 0.928. The topological polar surface area (TPSA) is 130 Å². The Kier molecular flexibility index (Phi) is 22.8. The lowest BCUT2D eigenvalue weighted by atomic mass is 9.79. The summed E-state index contributed by atoms with van der Waals surface area (Å²) in [6, 6.07) is 0. The Morgan fingerprint density at radius 3 is 0.750 bits per heavy atom. The summed E-state index contributed by atoms with van der Waals surface area (Å²) >= 11 is 0. The highest BCUT2D eigenvalue weighted by atomic mass is 16.6. The zero-order chi connectivity index (χ0) is 39.8. The van der Waals surface area contributed by atoms with Crippen LogP contribution in [0.2, 0.25) is 0 Å². The minimum absolute atomic E-state index is 0.0910. The van der Waals surface area contributed by atoms with E-state index in [1.54, 1.807) is 0 Å². The predicted octanol–water partition coefficient (Wildman–Crippen LogP) is 10.1. The molecule has 0 amide bonds. The van der Waals surface area contributed by atoms with Crippen LogP contribution in [0.3, 0.4) is 0 Å². The first-order valence-corrected chi connectivity index (χ1v) is 23.4. The molecule has 2 heterocycles. The third-order valence-electron chi connectivity index (χ3n) is 12.5. The Morgan fingerprint density at radius 1 is 0.339 bits per heavy atom. The number of unbranched alkanes of at least 4 members (excludes halogenated alkanes) is 21. The van der Waals surface area contributed by atoms with Crippen molar-refractivity contribution >= 4 is 23.9 Å². The zero-order valence-electron chi connectivity index (χ0n) is 35.3. The average molecular weight is 791 g/mol. The van der Waals surface area contributed by atoms with E-state index in [-0.39, 0.29) is 48.3 Å². The van der Waals surface area contributed by atoms with Gasteiger partial charge in [-0.3, -0.25) is 19.2 Å². The van der Waals surface area contributed by atoms with E-state index in [4.69, 9.17) is 28.4 Å². The molecule has 8 atom stereocenters. The molecule has 2 aliphatic heterocycles. The molecule has 2 aliphatic carbocycles. The van der Waals surface area contributed by atoms with Crippen molar-refractivity contribution in [3.63, 3.8) is 0 Å². The zero-order valence-corrected chi connectivity index (χ0v) is 35.3. The Hall–Kier alpha value is -2.20. The molecule has 4 fully saturated rings. The van der Waals surface area contributed by atoms with E-state index in [9.17, 15) is 19.2 Å². The summed E-state index contributed by atoms with van der Waals surface area (Å²) in [5.74, 6) is -2.85. The van der Waals surface area contributed by atoms with Crippen molar-refractivity contribution in [1.82, 2.24) is 0 Å². The smallest absolute Gasteiger partial charge is 0.309 e. The van der Waals surface area contributed by atoms with Gasteiger partial charge in [-0.15, -0.1) is 0 Å². The van der Waals surface area contributed by atoms with Gasteiger partial charge in [0, 0.05) is 0 Å². The highest BCUT2D eigenvalue weighted by Gasteiger charge is 2.54. The molecule has 0 N–H and O–H groups in total. The molecule has 0 radical (unpaired) electrons. The minimum Gasteiger partial charge on any atom is -0.465 e. The van der Waals surface area contributed by atoms with E-state index in [1.165, 1.54) is 89.9 Å². The fourth-order valence-electron chi connectivity index (χ4n) is 8.74. The lowest BCUT2D eigenvalue weighted by Crippen LogP contribution is -2.37. The lowest BCUT2D eigenvalue weighted by Gasteiger charge is -2.26. The fraction of sp³-hybridized carbons (Fsp3) is 0.913. The molecule has 0 aromatic rings. The van der Waals surface area contributed by atoms with Crippen LogP contribution in [0.15, 0.2) is 0 Å². The van der Waals surface area contributed by atoms with Gasteiger partial charge in [0.15, 0.2) is 0 Å². The third-order valence-corrected chi connectivity index (χ3v) is 12.5. The van der Waals surface area contributed by atoms with E-state index >= 15 is 0 Å². The molecule has 4 rings (SSSR count). The van der Waals surface area contributed by atoms with Gasteiger partial charge in [0.25, 0.3) is 0 Å². The molecule has 8 unspecified atom stereocenters. The van der Waals surface area contributed by atoms with E-state index in [0.29, 0.717) is 52.1 Å². The number of esters is 4. The summed E-state index contributed by atoms with van der Waals surface area (Å²) in [4.78, 5) is 51.6. The average Bonchev–Trinajstić information content (AvgIpc) is 4.14. The second kappa shape index (κ2) is 27.5. The number of rotatable bonds is 33. The van der Waals surface area contributed by atoms with Crippen molar-refractivity contribution in [2.24, 2.45) is 23.7 Å². The maximum atomic E-state index is 13.0. The number of epoxide rings is 2. The van der Waals surface area contributed by atoms with Crippen LogP contribution in [0, 0.1) is 23.7 Å². The van der Waals surface area contributed by atoms with Crippen LogP contribution >= 0.6 is 0 Å². The van der Waals surface area contributed by atoms with Crippen LogP contribution in [0.5, 0.6) is 0 Å². The molecule has 4 aliphatic rings. The van der Waals surface area contributed by atoms with Gasteiger partial charge in [-0.25, -0.2) is 0 Å². The van der Waals surface area contributed by atoms with Gasteiger partial charge in [-0.05, 0) is 51.4 Å². The fourth-order valence-corrected chi connectivity index (χ4v) is 8.74. The van der Waals surface area contributed by atoms with Gasteiger partial charge in [0.05, 0.1) is 74.5 Å². The van der Waals surface area contributed by atoms with Gasteiger partial charge >= 0.3 is 23.9 Å². The molecule has 0 spiro atoms. The first-order valence-electron chi connectivity index (χ1n) is 23.4. The predicted molar refractivity (Wildman–Crippen MR) is 216 cm³/mol. The van der Waals surface area contributed by atoms with Crippen LogP contribution in [0.25, 0.3) is 0 Å². The quantitative estimate of drug-likeness (QED) is 0.0274. The van der Waals surface area contributed by atoms with Crippen LogP contribution in [-0.2, 0) is 47.6 Å². The maximum absolute atomic E-state index is 13.0. The number of ether oxygens (including phenoxy) is 6. The molecule has 2 saturated heterocycles. The van der Waals surface area contributed by atoms with Gasteiger partial charge in [0.2, 0.25) is 0 Å². The summed E-state index contributed by atoms with van der Waals surface area (Å²) in [5.41, 5.74) is 0. The number of fused-ring (bicyclic) bond motifs is 2. The maximum Gasteiger partial charge on any atom is 0.309 e. The molecule has 0 bridgehead atoms. The van der Waals surface area contributed by atoms with Crippen molar-refractivity contribution in [2.75, 3.05) is 26.4 Å². The normalized spacial score (nSPS) is 26.1. The number of carbonyl (C=O) groups is 4. The van der Waals surface area contributed by atoms with E-state index < -0.39 is 23.7 Å². The standard InChI is InChI=1S/C46H78O10/c1-3-5-7-9-19-23-27-51-43(47)35-31-39-41(55-39)33-37(35)45(49)53-29-25-21-17-15-13-11-12-14-16-18-22-26-30-54-46(50)38-34-42-40(56-42)32-36(38)44(48)52-28-24-20-10-8-6-4-2/h35-42H,3-34H2,1-2H3.